The molecule has 0 aliphatic rings. The Hall–Kier alpha value is -2.18. The van der Waals surface area contributed by atoms with E-state index in [1.165, 1.54) is 0 Å². The molecule has 110 valence electrons. The lowest BCUT2D eigenvalue weighted by Crippen LogP contribution is -2.20. The number of anilines is 1. The van der Waals surface area contributed by atoms with E-state index in [4.69, 9.17) is 5.11 Å². The minimum Gasteiger partial charge on any atom is -0.477 e. The van der Waals surface area contributed by atoms with Crippen LogP contribution in [0.2, 0.25) is 0 Å². The van der Waals surface area contributed by atoms with Crippen molar-refractivity contribution in [3.8, 4) is 0 Å². The van der Waals surface area contributed by atoms with Gasteiger partial charge in [-0.3, -0.25) is 10.1 Å². The summed E-state index contributed by atoms with van der Waals surface area (Å²) in [6.45, 7) is 6.06. The van der Waals surface area contributed by atoms with Crippen molar-refractivity contribution in [1.29, 1.82) is 0 Å². The highest BCUT2D eigenvalue weighted by Crippen LogP contribution is 2.24. The SMILES string of the molecule is CCC(C)CC(C)Nc1nc(C(=O)O)ccc1[N+](=O)[O-]. The van der Waals surface area contributed by atoms with Gasteiger partial charge in [-0.1, -0.05) is 20.3 Å². The van der Waals surface area contributed by atoms with Gasteiger partial charge >= 0.3 is 11.7 Å². The number of nitrogens with zero attached hydrogens (tertiary/aromatic N) is 2. The smallest absolute Gasteiger partial charge is 0.354 e. The molecular formula is C13H19N3O4. The van der Waals surface area contributed by atoms with Gasteiger partial charge in [-0.15, -0.1) is 0 Å². The van der Waals surface area contributed by atoms with Gasteiger partial charge in [-0.05, 0) is 25.3 Å². The third-order valence-corrected chi connectivity index (χ3v) is 3.13. The Morgan fingerprint density at radius 2 is 2.15 bits per heavy atom. The zero-order chi connectivity index (χ0) is 15.3. The molecule has 0 amide bonds. The lowest BCUT2D eigenvalue weighted by Gasteiger charge is -2.18. The van der Waals surface area contributed by atoms with Crippen LogP contribution < -0.4 is 5.32 Å². The first kappa shape index (κ1) is 15.9. The molecule has 1 rings (SSSR count). The quantitative estimate of drug-likeness (QED) is 0.588. The third-order valence-electron chi connectivity index (χ3n) is 3.13. The topological polar surface area (TPSA) is 105 Å². The second-order valence-electron chi connectivity index (χ2n) is 4.92. The Morgan fingerprint density at radius 3 is 2.65 bits per heavy atom. The lowest BCUT2D eigenvalue weighted by atomic mass is 10.0. The van der Waals surface area contributed by atoms with Gasteiger partial charge < -0.3 is 10.4 Å². The molecule has 0 fully saturated rings. The molecule has 7 heteroatoms. The highest BCUT2D eigenvalue weighted by molar-refractivity contribution is 5.86. The summed E-state index contributed by atoms with van der Waals surface area (Å²) < 4.78 is 0. The molecule has 0 saturated carbocycles. The summed E-state index contributed by atoms with van der Waals surface area (Å²) in [5, 5.41) is 22.8. The summed E-state index contributed by atoms with van der Waals surface area (Å²) in [6.07, 6.45) is 1.84. The predicted molar refractivity (Wildman–Crippen MR) is 75.0 cm³/mol. The van der Waals surface area contributed by atoms with Crippen LogP contribution in [0.1, 0.15) is 44.1 Å². The third kappa shape index (κ3) is 4.18. The number of hydrogen-bond donors (Lipinski definition) is 2. The molecule has 0 spiro atoms. The number of carbonyl (C=O) groups is 1. The maximum atomic E-state index is 10.9. The fourth-order valence-corrected chi connectivity index (χ4v) is 1.89. The van der Waals surface area contributed by atoms with Crippen LogP contribution in [-0.4, -0.2) is 27.0 Å². The minimum absolute atomic E-state index is 0.00528. The summed E-state index contributed by atoms with van der Waals surface area (Å²) in [5.41, 5.74) is -0.431. The van der Waals surface area contributed by atoms with E-state index in [0.717, 1.165) is 25.0 Å². The monoisotopic (exact) mass is 281 g/mol. The molecule has 1 aromatic heterocycles. The highest BCUT2D eigenvalue weighted by Gasteiger charge is 2.20. The van der Waals surface area contributed by atoms with Crippen molar-refractivity contribution in [2.45, 2.75) is 39.7 Å². The van der Waals surface area contributed by atoms with E-state index in [1.54, 1.807) is 0 Å². The molecule has 1 heterocycles. The van der Waals surface area contributed by atoms with Gasteiger partial charge in [-0.2, -0.15) is 0 Å². The standard InChI is InChI=1S/C13H19N3O4/c1-4-8(2)7-9(3)14-12-11(16(19)20)6-5-10(15-12)13(17)18/h5-6,8-9H,4,7H2,1-3H3,(H,14,15)(H,17,18). The van der Waals surface area contributed by atoms with E-state index in [-0.39, 0.29) is 23.2 Å². The van der Waals surface area contributed by atoms with Crippen molar-refractivity contribution in [2.75, 3.05) is 5.32 Å². The minimum atomic E-state index is -1.21. The zero-order valence-corrected chi connectivity index (χ0v) is 11.8. The van der Waals surface area contributed by atoms with Crippen molar-refractivity contribution in [3.05, 3.63) is 27.9 Å². The lowest BCUT2D eigenvalue weighted by molar-refractivity contribution is -0.384. The number of aromatic carboxylic acids is 1. The van der Waals surface area contributed by atoms with Crippen LogP contribution in [0.5, 0.6) is 0 Å². The van der Waals surface area contributed by atoms with E-state index in [9.17, 15) is 14.9 Å². The molecule has 1 aromatic rings. The largest absolute Gasteiger partial charge is 0.477 e. The Morgan fingerprint density at radius 1 is 1.50 bits per heavy atom. The van der Waals surface area contributed by atoms with Crippen molar-refractivity contribution < 1.29 is 14.8 Å². The molecule has 0 aromatic carbocycles. The van der Waals surface area contributed by atoms with E-state index in [1.807, 2.05) is 6.92 Å². The summed E-state index contributed by atoms with van der Waals surface area (Å²) >= 11 is 0. The molecule has 0 aliphatic heterocycles. The molecule has 0 saturated heterocycles. The Bertz CT molecular complexity index is 504. The van der Waals surface area contributed by atoms with Crippen LogP contribution in [0.4, 0.5) is 11.5 Å². The first-order chi connectivity index (χ1) is 9.35. The van der Waals surface area contributed by atoms with Crippen molar-refractivity contribution >= 4 is 17.5 Å². The summed E-state index contributed by atoms with van der Waals surface area (Å²) in [6, 6.07) is 2.26. The number of carboxylic acid groups (broad SMARTS) is 1. The van der Waals surface area contributed by atoms with E-state index in [2.05, 4.69) is 24.1 Å². The zero-order valence-electron chi connectivity index (χ0n) is 11.8. The molecule has 2 atom stereocenters. The molecule has 2 unspecified atom stereocenters. The first-order valence-corrected chi connectivity index (χ1v) is 6.50. The molecule has 0 radical (unpaired) electrons. The highest BCUT2D eigenvalue weighted by atomic mass is 16.6. The van der Waals surface area contributed by atoms with Crippen LogP contribution in [0, 0.1) is 16.0 Å². The number of nitrogens with one attached hydrogen (secondary N) is 1. The van der Waals surface area contributed by atoms with Gasteiger partial charge in [0.25, 0.3) is 0 Å². The van der Waals surface area contributed by atoms with Crippen LogP contribution in [-0.2, 0) is 0 Å². The van der Waals surface area contributed by atoms with E-state index >= 15 is 0 Å². The molecule has 0 aliphatic carbocycles. The molecule has 2 N–H and O–H groups in total. The molecule has 7 nitrogen and oxygen atoms in total. The van der Waals surface area contributed by atoms with Gasteiger partial charge in [0.05, 0.1) is 4.92 Å². The maximum absolute atomic E-state index is 10.9. The Labute approximate surface area is 117 Å². The number of pyridine rings is 1. The second kappa shape index (κ2) is 6.83. The van der Waals surface area contributed by atoms with Gasteiger partial charge in [0.1, 0.15) is 0 Å². The summed E-state index contributed by atoms with van der Waals surface area (Å²) in [7, 11) is 0. The molecule has 20 heavy (non-hydrogen) atoms. The van der Waals surface area contributed by atoms with Gasteiger partial charge in [0.15, 0.2) is 5.69 Å². The molecule has 0 bridgehead atoms. The number of nitro groups is 1. The van der Waals surface area contributed by atoms with Crippen LogP contribution >= 0.6 is 0 Å². The Kier molecular flexibility index (Phi) is 5.42. The normalized spacial score (nSPS) is 13.6. The summed E-state index contributed by atoms with van der Waals surface area (Å²) in [5.74, 6) is -0.734. The average Bonchev–Trinajstić information content (AvgIpc) is 2.37. The Balaban J connectivity index is 2.98. The number of carboxylic acids is 1. The average molecular weight is 281 g/mol. The van der Waals surface area contributed by atoms with E-state index in [0.29, 0.717) is 5.92 Å². The van der Waals surface area contributed by atoms with Gasteiger partial charge in [-0.25, -0.2) is 9.78 Å². The fraction of sp³-hybridized carbons (Fsp3) is 0.538. The van der Waals surface area contributed by atoms with Crippen molar-refractivity contribution in [3.63, 3.8) is 0 Å². The van der Waals surface area contributed by atoms with Gasteiger partial charge in [0.2, 0.25) is 5.82 Å². The van der Waals surface area contributed by atoms with E-state index < -0.39 is 10.9 Å². The number of rotatable bonds is 7. The van der Waals surface area contributed by atoms with Crippen molar-refractivity contribution in [2.24, 2.45) is 5.92 Å². The second-order valence-corrected chi connectivity index (χ2v) is 4.92. The fourth-order valence-electron chi connectivity index (χ4n) is 1.89. The maximum Gasteiger partial charge on any atom is 0.354 e. The van der Waals surface area contributed by atoms with Gasteiger partial charge in [0, 0.05) is 12.1 Å². The first-order valence-electron chi connectivity index (χ1n) is 6.50. The number of hydrogen-bond acceptors (Lipinski definition) is 5. The van der Waals surface area contributed by atoms with Crippen LogP contribution in [0.3, 0.4) is 0 Å². The molecular weight excluding hydrogens is 262 g/mol. The number of aromatic nitrogens is 1. The predicted octanol–water partition coefficient (Wildman–Crippen LogP) is 2.92. The summed E-state index contributed by atoms with van der Waals surface area (Å²) in [4.78, 5) is 25.1. The van der Waals surface area contributed by atoms with Crippen LogP contribution in [0.15, 0.2) is 12.1 Å². The van der Waals surface area contributed by atoms with Crippen molar-refractivity contribution in [1.82, 2.24) is 4.98 Å². The van der Waals surface area contributed by atoms with Crippen LogP contribution in [0.25, 0.3) is 0 Å².